The highest BCUT2D eigenvalue weighted by Gasteiger charge is 2.18. The summed E-state index contributed by atoms with van der Waals surface area (Å²) in [5.41, 5.74) is 0. The van der Waals surface area contributed by atoms with E-state index < -0.39 is 0 Å². The highest BCUT2D eigenvalue weighted by molar-refractivity contribution is 4.58. The van der Waals surface area contributed by atoms with E-state index in [-0.39, 0.29) is 11.0 Å². The molecule has 108 valence electrons. The first-order valence-electron chi connectivity index (χ1n) is 7.85. The summed E-state index contributed by atoms with van der Waals surface area (Å²) in [6, 6.07) is -0.285. The molecule has 0 fully saturated rings. The van der Waals surface area contributed by atoms with Crippen LogP contribution in [0.2, 0.25) is 0 Å². The van der Waals surface area contributed by atoms with Gasteiger partial charge in [-0.15, -0.1) is 0 Å². The Balaban J connectivity index is 3.49. The lowest BCUT2D eigenvalue weighted by Crippen LogP contribution is -2.19. The van der Waals surface area contributed by atoms with Gasteiger partial charge in [0.25, 0.3) is 0 Å². The van der Waals surface area contributed by atoms with Crippen molar-refractivity contribution in [2.24, 2.45) is 0 Å². The Hall–Kier alpha value is -0.600. The number of hydrogen-bond acceptors (Lipinski definition) is 2. The summed E-state index contributed by atoms with van der Waals surface area (Å²) in [6.07, 6.45) is 13.5. The van der Waals surface area contributed by atoms with Crippen LogP contribution in [0.5, 0.6) is 0 Å². The average Bonchev–Trinajstić information content (AvgIpc) is 2.35. The molecule has 0 spiro atoms. The second-order valence-electron chi connectivity index (χ2n) is 5.34. The van der Waals surface area contributed by atoms with Crippen LogP contribution in [0.25, 0.3) is 0 Å². The lowest BCUT2D eigenvalue weighted by Gasteiger charge is -2.09. The molecule has 0 saturated heterocycles. The van der Waals surface area contributed by atoms with Crippen molar-refractivity contribution in [3.05, 3.63) is 10.1 Å². The van der Waals surface area contributed by atoms with E-state index in [1.54, 1.807) is 0 Å². The van der Waals surface area contributed by atoms with E-state index in [1.165, 1.54) is 38.5 Å². The monoisotopic (exact) mass is 257 g/mol. The molecule has 0 aromatic rings. The summed E-state index contributed by atoms with van der Waals surface area (Å²) in [6.45, 7) is 4.36. The third kappa shape index (κ3) is 10.5. The van der Waals surface area contributed by atoms with Gasteiger partial charge in [0.15, 0.2) is 0 Å². The molecule has 0 bridgehead atoms. The fourth-order valence-electron chi connectivity index (χ4n) is 2.32. The van der Waals surface area contributed by atoms with Crippen LogP contribution in [-0.2, 0) is 0 Å². The van der Waals surface area contributed by atoms with Crippen LogP contribution >= 0.6 is 0 Å². The summed E-state index contributed by atoms with van der Waals surface area (Å²) < 4.78 is 0. The topological polar surface area (TPSA) is 43.1 Å². The van der Waals surface area contributed by atoms with Crippen molar-refractivity contribution in [3.8, 4) is 0 Å². The summed E-state index contributed by atoms with van der Waals surface area (Å²) in [5.74, 6) is 0. The highest BCUT2D eigenvalue weighted by Crippen LogP contribution is 2.15. The lowest BCUT2D eigenvalue weighted by molar-refractivity contribution is -0.524. The van der Waals surface area contributed by atoms with E-state index in [9.17, 15) is 10.1 Å². The first-order valence-corrected chi connectivity index (χ1v) is 7.85. The van der Waals surface area contributed by atoms with Gasteiger partial charge in [-0.3, -0.25) is 10.1 Å². The van der Waals surface area contributed by atoms with Crippen LogP contribution in [-0.4, -0.2) is 11.0 Å². The Bertz CT molecular complexity index is 195. The van der Waals surface area contributed by atoms with Gasteiger partial charge in [-0.1, -0.05) is 65.2 Å². The van der Waals surface area contributed by atoms with E-state index in [2.05, 4.69) is 13.8 Å². The normalized spacial score (nSPS) is 12.6. The molecule has 0 aliphatic carbocycles. The molecule has 0 aliphatic heterocycles. The van der Waals surface area contributed by atoms with Crippen LogP contribution in [0, 0.1) is 10.1 Å². The number of nitrogens with zero attached hydrogens (tertiary/aromatic N) is 1. The molecule has 0 N–H and O–H groups in total. The van der Waals surface area contributed by atoms with Crippen molar-refractivity contribution in [2.75, 3.05) is 0 Å². The summed E-state index contributed by atoms with van der Waals surface area (Å²) in [7, 11) is 0. The second kappa shape index (κ2) is 12.8. The standard InChI is InChI=1S/C15H31NO2/c1-3-5-7-8-9-10-12-14-15(16(17)18)13-11-6-4-2/h15H,3-14H2,1-2H3. The van der Waals surface area contributed by atoms with Crippen molar-refractivity contribution < 1.29 is 4.92 Å². The van der Waals surface area contributed by atoms with Gasteiger partial charge in [-0.05, 0) is 12.8 Å². The maximum Gasteiger partial charge on any atom is 0.213 e. The van der Waals surface area contributed by atoms with E-state index in [0.29, 0.717) is 0 Å². The molecule has 18 heavy (non-hydrogen) atoms. The second-order valence-corrected chi connectivity index (χ2v) is 5.34. The van der Waals surface area contributed by atoms with Gasteiger partial charge >= 0.3 is 0 Å². The molecular weight excluding hydrogens is 226 g/mol. The molecule has 1 unspecified atom stereocenters. The molecule has 3 heteroatoms. The molecular formula is C15H31NO2. The Morgan fingerprint density at radius 1 is 0.778 bits per heavy atom. The fourth-order valence-corrected chi connectivity index (χ4v) is 2.32. The number of nitro groups is 1. The van der Waals surface area contributed by atoms with E-state index in [0.717, 1.165) is 38.5 Å². The van der Waals surface area contributed by atoms with Gasteiger partial charge in [0.1, 0.15) is 0 Å². The van der Waals surface area contributed by atoms with Crippen molar-refractivity contribution in [1.29, 1.82) is 0 Å². The Morgan fingerprint density at radius 3 is 1.67 bits per heavy atom. The predicted octanol–water partition coefficient (Wildman–Crippen LogP) is 5.35. The quantitative estimate of drug-likeness (QED) is 0.253. The zero-order valence-corrected chi connectivity index (χ0v) is 12.3. The Morgan fingerprint density at radius 2 is 1.17 bits per heavy atom. The van der Waals surface area contributed by atoms with Gasteiger partial charge in [0, 0.05) is 17.8 Å². The number of rotatable bonds is 13. The Kier molecular flexibility index (Phi) is 12.4. The molecule has 0 aromatic heterocycles. The lowest BCUT2D eigenvalue weighted by atomic mass is 10.0. The van der Waals surface area contributed by atoms with Gasteiger partial charge in [0.05, 0.1) is 0 Å². The summed E-state index contributed by atoms with van der Waals surface area (Å²) in [5, 5.41) is 10.9. The zero-order valence-electron chi connectivity index (χ0n) is 12.3. The van der Waals surface area contributed by atoms with Crippen molar-refractivity contribution in [3.63, 3.8) is 0 Å². The first kappa shape index (κ1) is 17.4. The largest absolute Gasteiger partial charge is 0.264 e. The minimum Gasteiger partial charge on any atom is -0.264 e. The van der Waals surface area contributed by atoms with Crippen LogP contribution in [0.3, 0.4) is 0 Å². The summed E-state index contributed by atoms with van der Waals surface area (Å²) >= 11 is 0. The SMILES string of the molecule is CCCCCCCCCC(CCCCC)[N+](=O)[O-]. The molecule has 0 heterocycles. The molecule has 1 atom stereocenters. The van der Waals surface area contributed by atoms with Crippen LogP contribution in [0.4, 0.5) is 0 Å². The van der Waals surface area contributed by atoms with Crippen LogP contribution in [0.15, 0.2) is 0 Å². The molecule has 0 radical (unpaired) electrons. The molecule has 0 aromatic carbocycles. The van der Waals surface area contributed by atoms with Gasteiger partial charge in [-0.2, -0.15) is 0 Å². The zero-order chi connectivity index (χ0) is 13.6. The molecule has 0 rings (SSSR count). The molecule has 0 saturated carbocycles. The smallest absolute Gasteiger partial charge is 0.213 e. The van der Waals surface area contributed by atoms with Gasteiger partial charge in [-0.25, -0.2) is 0 Å². The third-order valence-corrected chi connectivity index (χ3v) is 3.58. The van der Waals surface area contributed by atoms with E-state index >= 15 is 0 Å². The van der Waals surface area contributed by atoms with Gasteiger partial charge < -0.3 is 0 Å². The minimum absolute atomic E-state index is 0.0628. The van der Waals surface area contributed by atoms with Crippen molar-refractivity contribution in [2.45, 2.75) is 96.9 Å². The molecule has 3 nitrogen and oxygen atoms in total. The maximum absolute atomic E-state index is 10.9. The Labute approximate surface area is 113 Å². The fraction of sp³-hybridized carbons (Fsp3) is 1.00. The third-order valence-electron chi connectivity index (χ3n) is 3.58. The number of hydrogen-bond donors (Lipinski definition) is 0. The van der Waals surface area contributed by atoms with E-state index in [1.807, 2.05) is 0 Å². The number of unbranched alkanes of at least 4 members (excludes halogenated alkanes) is 8. The van der Waals surface area contributed by atoms with Crippen LogP contribution < -0.4 is 0 Å². The molecule has 0 aliphatic rings. The van der Waals surface area contributed by atoms with E-state index in [4.69, 9.17) is 0 Å². The predicted molar refractivity (Wildman–Crippen MR) is 77.5 cm³/mol. The van der Waals surface area contributed by atoms with Crippen LogP contribution in [0.1, 0.15) is 90.9 Å². The van der Waals surface area contributed by atoms with Crippen molar-refractivity contribution in [1.82, 2.24) is 0 Å². The summed E-state index contributed by atoms with van der Waals surface area (Å²) in [4.78, 5) is 10.8. The average molecular weight is 257 g/mol. The van der Waals surface area contributed by atoms with Gasteiger partial charge in [0.2, 0.25) is 6.04 Å². The minimum atomic E-state index is -0.285. The first-order chi connectivity index (χ1) is 8.72. The maximum atomic E-state index is 10.9. The highest BCUT2D eigenvalue weighted by atomic mass is 16.6. The molecule has 0 amide bonds. The van der Waals surface area contributed by atoms with Crippen molar-refractivity contribution >= 4 is 0 Å².